The topological polar surface area (TPSA) is 85.4 Å². The summed E-state index contributed by atoms with van der Waals surface area (Å²) in [6, 6.07) is 9.07. The van der Waals surface area contributed by atoms with E-state index in [0.717, 1.165) is 0 Å². The number of benzene rings is 1. The van der Waals surface area contributed by atoms with Crippen LogP contribution < -0.4 is 20.1 Å². The summed E-state index contributed by atoms with van der Waals surface area (Å²) in [7, 11) is 0. The average Bonchev–Trinajstić information content (AvgIpc) is 2.59. The van der Waals surface area contributed by atoms with Crippen molar-refractivity contribution < 1.29 is 14.3 Å². The van der Waals surface area contributed by atoms with Crippen LogP contribution in [0.5, 0.6) is 11.5 Å². The van der Waals surface area contributed by atoms with Gasteiger partial charge in [0.25, 0.3) is 5.91 Å². The van der Waals surface area contributed by atoms with Crippen LogP contribution >= 0.6 is 0 Å². The van der Waals surface area contributed by atoms with Crippen molar-refractivity contribution in [1.82, 2.24) is 15.3 Å². The minimum atomic E-state index is -0.669. The number of para-hydroxylation sites is 2. The molecule has 0 fully saturated rings. The highest BCUT2D eigenvalue weighted by Crippen LogP contribution is 2.33. The second-order valence-electron chi connectivity index (χ2n) is 5.10. The maximum Gasteiger partial charge on any atom is 0.265 e. The van der Waals surface area contributed by atoms with Crippen molar-refractivity contribution in [2.24, 2.45) is 0 Å². The number of nitrogens with zero attached hydrogens (tertiary/aromatic N) is 2. The molecule has 0 bridgehead atoms. The molecule has 1 amide bonds. The molecule has 2 atom stereocenters. The summed E-state index contributed by atoms with van der Waals surface area (Å²) in [5, 5.41) is 5.84. The number of nitrogens with one attached hydrogen (secondary N) is 2. The Kier molecular flexibility index (Phi) is 4.56. The molecule has 2 aromatic rings. The summed E-state index contributed by atoms with van der Waals surface area (Å²) in [5.74, 6) is 1.57. The van der Waals surface area contributed by atoms with E-state index in [2.05, 4.69) is 20.6 Å². The molecule has 2 N–H and O–H groups in total. The Hall–Kier alpha value is -2.83. The van der Waals surface area contributed by atoms with Crippen LogP contribution in [0.15, 0.2) is 42.7 Å². The monoisotopic (exact) mass is 314 g/mol. The quantitative estimate of drug-likeness (QED) is 0.808. The number of rotatable bonds is 5. The SMILES string of the molecule is C[C@H]1Oc2ccccc2O[C@@H]1C(=O)NCCNc1ncccn1. The molecule has 0 spiro atoms. The molecule has 1 aliphatic heterocycles. The maximum atomic E-state index is 12.3. The van der Waals surface area contributed by atoms with Gasteiger partial charge in [-0.05, 0) is 25.1 Å². The minimum Gasteiger partial charge on any atom is -0.482 e. The Labute approximate surface area is 134 Å². The van der Waals surface area contributed by atoms with Gasteiger partial charge in [0, 0.05) is 25.5 Å². The van der Waals surface area contributed by atoms with E-state index in [1.165, 1.54) is 0 Å². The smallest absolute Gasteiger partial charge is 0.265 e. The van der Waals surface area contributed by atoms with E-state index in [9.17, 15) is 4.79 Å². The second-order valence-corrected chi connectivity index (χ2v) is 5.10. The Morgan fingerprint density at radius 1 is 1.09 bits per heavy atom. The zero-order valence-electron chi connectivity index (χ0n) is 12.7. The number of hydrogen-bond acceptors (Lipinski definition) is 6. The van der Waals surface area contributed by atoms with Crippen molar-refractivity contribution in [2.75, 3.05) is 18.4 Å². The number of anilines is 1. The van der Waals surface area contributed by atoms with Gasteiger partial charge in [0.05, 0.1) is 0 Å². The molecule has 3 rings (SSSR count). The highest BCUT2D eigenvalue weighted by Gasteiger charge is 2.33. The number of carbonyl (C=O) groups excluding carboxylic acids is 1. The molecule has 0 aliphatic carbocycles. The fraction of sp³-hybridized carbons (Fsp3) is 0.312. The van der Waals surface area contributed by atoms with Gasteiger partial charge in [-0.1, -0.05) is 12.1 Å². The third-order valence-electron chi connectivity index (χ3n) is 3.37. The van der Waals surface area contributed by atoms with Gasteiger partial charge < -0.3 is 20.1 Å². The van der Waals surface area contributed by atoms with Crippen molar-refractivity contribution in [3.8, 4) is 11.5 Å². The number of ether oxygens (including phenoxy) is 2. The molecule has 0 saturated heterocycles. The summed E-state index contributed by atoms with van der Waals surface area (Å²) in [6.07, 6.45) is 2.29. The predicted octanol–water partition coefficient (Wildman–Crippen LogP) is 1.23. The number of aromatic nitrogens is 2. The Bertz CT molecular complexity index is 665. The normalized spacial score (nSPS) is 19.0. The van der Waals surface area contributed by atoms with E-state index in [1.54, 1.807) is 24.5 Å². The third-order valence-corrected chi connectivity index (χ3v) is 3.37. The fourth-order valence-corrected chi connectivity index (χ4v) is 2.26. The second kappa shape index (κ2) is 6.95. The molecule has 2 heterocycles. The highest BCUT2D eigenvalue weighted by atomic mass is 16.6. The fourth-order valence-electron chi connectivity index (χ4n) is 2.26. The van der Waals surface area contributed by atoms with Gasteiger partial charge in [-0.25, -0.2) is 9.97 Å². The van der Waals surface area contributed by atoms with E-state index in [1.807, 2.05) is 25.1 Å². The number of carbonyl (C=O) groups is 1. The van der Waals surface area contributed by atoms with Crippen LogP contribution in [0.1, 0.15) is 6.92 Å². The first-order valence-corrected chi connectivity index (χ1v) is 7.45. The van der Waals surface area contributed by atoms with Crippen molar-refractivity contribution in [1.29, 1.82) is 0 Å². The Morgan fingerprint density at radius 3 is 2.52 bits per heavy atom. The van der Waals surface area contributed by atoms with Gasteiger partial charge in [-0.2, -0.15) is 0 Å². The molecule has 7 heteroatoms. The zero-order chi connectivity index (χ0) is 16.1. The van der Waals surface area contributed by atoms with Crippen LogP contribution in [-0.2, 0) is 4.79 Å². The molecule has 0 radical (unpaired) electrons. The van der Waals surface area contributed by atoms with Gasteiger partial charge in [0.15, 0.2) is 11.5 Å². The molecule has 1 aromatic heterocycles. The molecule has 23 heavy (non-hydrogen) atoms. The van der Waals surface area contributed by atoms with E-state index in [0.29, 0.717) is 30.5 Å². The van der Waals surface area contributed by atoms with Crippen LogP contribution in [0.4, 0.5) is 5.95 Å². The summed E-state index contributed by atoms with van der Waals surface area (Å²) in [5.41, 5.74) is 0. The van der Waals surface area contributed by atoms with E-state index in [-0.39, 0.29) is 12.0 Å². The largest absolute Gasteiger partial charge is 0.482 e. The highest BCUT2D eigenvalue weighted by molar-refractivity contribution is 5.82. The molecule has 0 unspecified atom stereocenters. The molecule has 7 nitrogen and oxygen atoms in total. The lowest BCUT2D eigenvalue weighted by atomic mass is 10.1. The van der Waals surface area contributed by atoms with Crippen molar-refractivity contribution in [3.05, 3.63) is 42.7 Å². The summed E-state index contributed by atoms with van der Waals surface area (Å²) in [4.78, 5) is 20.3. The first kappa shape index (κ1) is 15.1. The lowest BCUT2D eigenvalue weighted by Crippen LogP contribution is -2.49. The standard InChI is InChI=1S/C16H18N4O3/c1-11-14(23-13-6-3-2-5-12(13)22-11)15(21)17-9-10-20-16-18-7-4-8-19-16/h2-8,11,14H,9-10H2,1H3,(H,17,21)(H,18,19,20)/t11-,14+/m1/s1. The molecule has 120 valence electrons. The number of amides is 1. The van der Waals surface area contributed by atoms with Crippen LogP contribution in [0.2, 0.25) is 0 Å². The molecule has 1 aromatic carbocycles. The molecular weight excluding hydrogens is 296 g/mol. The van der Waals surface area contributed by atoms with E-state index >= 15 is 0 Å². The average molecular weight is 314 g/mol. The van der Waals surface area contributed by atoms with Crippen molar-refractivity contribution in [2.45, 2.75) is 19.1 Å². The van der Waals surface area contributed by atoms with Crippen LogP contribution in [0.3, 0.4) is 0 Å². The van der Waals surface area contributed by atoms with Gasteiger partial charge in [-0.3, -0.25) is 4.79 Å². The van der Waals surface area contributed by atoms with Gasteiger partial charge in [0.2, 0.25) is 12.1 Å². The summed E-state index contributed by atoms with van der Waals surface area (Å²) in [6.45, 7) is 2.77. The summed E-state index contributed by atoms with van der Waals surface area (Å²) >= 11 is 0. The van der Waals surface area contributed by atoms with Crippen LogP contribution in [0, 0.1) is 0 Å². The molecular formula is C16H18N4O3. The Morgan fingerprint density at radius 2 is 1.78 bits per heavy atom. The Balaban J connectivity index is 1.49. The van der Waals surface area contributed by atoms with Gasteiger partial charge >= 0.3 is 0 Å². The zero-order valence-corrected chi connectivity index (χ0v) is 12.7. The van der Waals surface area contributed by atoms with Crippen LogP contribution in [-0.4, -0.2) is 41.2 Å². The lowest BCUT2D eigenvalue weighted by molar-refractivity contribution is -0.133. The van der Waals surface area contributed by atoms with Crippen molar-refractivity contribution >= 4 is 11.9 Å². The van der Waals surface area contributed by atoms with Crippen molar-refractivity contribution in [3.63, 3.8) is 0 Å². The first-order chi connectivity index (χ1) is 11.2. The predicted molar refractivity (Wildman–Crippen MR) is 84.5 cm³/mol. The molecule has 0 saturated carbocycles. The van der Waals surface area contributed by atoms with Gasteiger partial charge in [0.1, 0.15) is 6.10 Å². The third kappa shape index (κ3) is 3.68. The number of hydrogen-bond donors (Lipinski definition) is 2. The minimum absolute atomic E-state index is 0.206. The van der Waals surface area contributed by atoms with E-state index in [4.69, 9.17) is 9.47 Å². The molecule has 1 aliphatic rings. The van der Waals surface area contributed by atoms with Crippen LogP contribution in [0.25, 0.3) is 0 Å². The summed E-state index contributed by atoms with van der Waals surface area (Å²) < 4.78 is 11.5. The van der Waals surface area contributed by atoms with Gasteiger partial charge in [-0.15, -0.1) is 0 Å². The lowest BCUT2D eigenvalue weighted by Gasteiger charge is -2.31. The first-order valence-electron chi connectivity index (χ1n) is 7.45. The number of fused-ring (bicyclic) bond motifs is 1. The maximum absolute atomic E-state index is 12.3. The van der Waals surface area contributed by atoms with E-state index < -0.39 is 6.10 Å².